The van der Waals surface area contributed by atoms with E-state index in [0.717, 1.165) is 5.69 Å². The van der Waals surface area contributed by atoms with Crippen LogP contribution < -0.4 is 5.73 Å². The molecule has 0 spiro atoms. The third kappa shape index (κ3) is 2.51. The molecule has 2 nitrogen and oxygen atoms in total. The zero-order valence-electron chi connectivity index (χ0n) is 16.4. The summed E-state index contributed by atoms with van der Waals surface area (Å²) in [5, 5.41) is 5.06. The molecule has 2 heteroatoms. The summed E-state index contributed by atoms with van der Waals surface area (Å²) in [7, 11) is 0. The fraction of sp³-hybridized carbons (Fsp3) is 0. The van der Waals surface area contributed by atoms with Gasteiger partial charge in [-0.15, -0.1) is 0 Å². The van der Waals surface area contributed by atoms with Crippen LogP contribution in [0.2, 0.25) is 0 Å². The number of nitrogen functional groups attached to an aromatic ring is 1. The molecule has 0 saturated carbocycles. The van der Waals surface area contributed by atoms with Crippen LogP contribution in [0.1, 0.15) is 0 Å². The molecule has 0 bridgehead atoms. The average Bonchev–Trinajstić information content (AvgIpc) is 3.14. The van der Waals surface area contributed by atoms with Crippen molar-refractivity contribution in [3.05, 3.63) is 109 Å². The van der Waals surface area contributed by atoms with Gasteiger partial charge in [0.05, 0.1) is 11.0 Å². The quantitative estimate of drug-likeness (QED) is 0.315. The molecule has 0 aliphatic heterocycles. The number of nitrogens with zero attached hydrogens (tertiary/aromatic N) is 1. The predicted molar refractivity (Wildman–Crippen MR) is 128 cm³/mol. The molecule has 0 atom stereocenters. The van der Waals surface area contributed by atoms with Gasteiger partial charge in [0.2, 0.25) is 0 Å². The zero-order chi connectivity index (χ0) is 20.1. The molecule has 1 aromatic heterocycles. The maximum absolute atomic E-state index is 5.90. The number of fused-ring (bicyclic) bond motifs is 5. The fourth-order valence-corrected chi connectivity index (χ4v) is 4.48. The number of para-hydroxylation sites is 1. The Kier molecular flexibility index (Phi) is 3.65. The number of rotatable bonds is 2. The molecule has 30 heavy (non-hydrogen) atoms. The first-order chi connectivity index (χ1) is 14.8. The summed E-state index contributed by atoms with van der Waals surface area (Å²) in [6.45, 7) is 0. The van der Waals surface area contributed by atoms with Crippen molar-refractivity contribution in [2.24, 2.45) is 0 Å². The normalized spacial score (nSPS) is 11.5. The van der Waals surface area contributed by atoms with Crippen LogP contribution in [-0.4, -0.2) is 4.57 Å². The van der Waals surface area contributed by atoms with Crippen LogP contribution in [0.15, 0.2) is 109 Å². The minimum absolute atomic E-state index is 0.782. The van der Waals surface area contributed by atoms with Crippen LogP contribution in [0.4, 0.5) is 5.69 Å². The number of hydrogen-bond donors (Lipinski definition) is 1. The van der Waals surface area contributed by atoms with Gasteiger partial charge in [0.1, 0.15) is 0 Å². The lowest BCUT2D eigenvalue weighted by Crippen LogP contribution is -1.94. The maximum atomic E-state index is 5.90. The number of benzene rings is 5. The Balaban J connectivity index is 1.76. The summed E-state index contributed by atoms with van der Waals surface area (Å²) in [6.07, 6.45) is 0. The number of anilines is 1. The topological polar surface area (TPSA) is 30.9 Å². The van der Waals surface area contributed by atoms with E-state index >= 15 is 0 Å². The summed E-state index contributed by atoms with van der Waals surface area (Å²) < 4.78 is 2.40. The summed E-state index contributed by atoms with van der Waals surface area (Å²) in [4.78, 5) is 0. The number of aromatic nitrogens is 1. The summed E-state index contributed by atoms with van der Waals surface area (Å²) in [6, 6.07) is 38.5. The molecule has 2 N–H and O–H groups in total. The van der Waals surface area contributed by atoms with E-state index in [1.165, 1.54) is 49.4 Å². The molecule has 0 amide bonds. The second-order valence-corrected chi connectivity index (χ2v) is 7.71. The summed E-state index contributed by atoms with van der Waals surface area (Å²) >= 11 is 0. The smallest absolute Gasteiger partial charge is 0.0619 e. The monoisotopic (exact) mass is 384 g/mol. The standard InChI is InChI=1S/C28H20N2/c29-22-14-10-19(11-15-22)21-13-16-25-26-17-12-20-6-4-5-9-24(20)28(26)30(27(25)18-21)23-7-2-1-3-8-23/h1-18H,29H2. The SMILES string of the molecule is Nc1ccc(-c2ccc3c4ccc5ccccc5c4n(-c4ccccc4)c3c2)cc1. The molecule has 6 rings (SSSR count). The molecule has 6 aromatic rings. The van der Waals surface area contributed by atoms with Crippen LogP contribution in [0.3, 0.4) is 0 Å². The minimum Gasteiger partial charge on any atom is -0.399 e. The molecule has 5 aromatic carbocycles. The average molecular weight is 384 g/mol. The van der Waals surface area contributed by atoms with E-state index in [-0.39, 0.29) is 0 Å². The van der Waals surface area contributed by atoms with Gasteiger partial charge in [-0.25, -0.2) is 0 Å². The van der Waals surface area contributed by atoms with Gasteiger partial charge in [-0.1, -0.05) is 78.9 Å². The van der Waals surface area contributed by atoms with Gasteiger partial charge in [0, 0.05) is 27.5 Å². The van der Waals surface area contributed by atoms with E-state index in [2.05, 4.69) is 102 Å². The van der Waals surface area contributed by atoms with E-state index in [1.807, 2.05) is 12.1 Å². The van der Waals surface area contributed by atoms with Crippen molar-refractivity contribution in [3.8, 4) is 16.8 Å². The van der Waals surface area contributed by atoms with Crippen LogP contribution in [0.25, 0.3) is 49.4 Å². The summed E-state index contributed by atoms with van der Waals surface area (Å²) in [5.41, 5.74) is 12.7. The third-order valence-electron chi connectivity index (χ3n) is 5.91. The minimum atomic E-state index is 0.782. The number of hydrogen-bond acceptors (Lipinski definition) is 1. The van der Waals surface area contributed by atoms with Gasteiger partial charge < -0.3 is 10.3 Å². The highest BCUT2D eigenvalue weighted by atomic mass is 15.0. The Morgan fingerprint density at radius 1 is 0.533 bits per heavy atom. The van der Waals surface area contributed by atoms with E-state index < -0.39 is 0 Å². The second kappa shape index (κ2) is 6.50. The van der Waals surface area contributed by atoms with Gasteiger partial charge in [-0.3, -0.25) is 0 Å². The molecule has 1 heterocycles. The van der Waals surface area contributed by atoms with Crippen molar-refractivity contribution < 1.29 is 0 Å². The highest BCUT2D eigenvalue weighted by Crippen LogP contribution is 2.38. The second-order valence-electron chi connectivity index (χ2n) is 7.71. The molecule has 0 saturated heterocycles. The number of nitrogens with two attached hydrogens (primary N) is 1. The third-order valence-corrected chi connectivity index (χ3v) is 5.91. The molecule has 0 aliphatic carbocycles. The molecular formula is C28H20N2. The van der Waals surface area contributed by atoms with E-state index in [0.29, 0.717) is 0 Å². The molecule has 0 radical (unpaired) electrons. The van der Waals surface area contributed by atoms with Crippen LogP contribution >= 0.6 is 0 Å². The van der Waals surface area contributed by atoms with Gasteiger partial charge in [-0.2, -0.15) is 0 Å². The van der Waals surface area contributed by atoms with Crippen molar-refractivity contribution in [2.45, 2.75) is 0 Å². The maximum Gasteiger partial charge on any atom is 0.0619 e. The van der Waals surface area contributed by atoms with Gasteiger partial charge >= 0.3 is 0 Å². The summed E-state index contributed by atoms with van der Waals surface area (Å²) in [5.74, 6) is 0. The first kappa shape index (κ1) is 16.9. The van der Waals surface area contributed by atoms with Crippen molar-refractivity contribution in [2.75, 3.05) is 5.73 Å². The largest absolute Gasteiger partial charge is 0.399 e. The molecule has 0 aliphatic rings. The van der Waals surface area contributed by atoms with E-state index in [9.17, 15) is 0 Å². The van der Waals surface area contributed by atoms with Crippen molar-refractivity contribution in [1.82, 2.24) is 4.57 Å². The zero-order valence-corrected chi connectivity index (χ0v) is 16.4. The molecule has 0 fully saturated rings. The lowest BCUT2D eigenvalue weighted by atomic mass is 10.0. The Labute approximate surface area is 174 Å². The fourth-order valence-electron chi connectivity index (χ4n) is 4.48. The Morgan fingerprint density at radius 3 is 2.07 bits per heavy atom. The lowest BCUT2D eigenvalue weighted by Gasteiger charge is -2.10. The first-order valence-electron chi connectivity index (χ1n) is 10.2. The van der Waals surface area contributed by atoms with Crippen molar-refractivity contribution >= 4 is 38.3 Å². The Hall–Kier alpha value is -4.04. The van der Waals surface area contributed by atoms with Gasteiger partial charge in [0.15, 0.2) is 0 Å². The predicted octanol–water partition coefficient (Wildman–Crippen LogP) is 7.19. The van der Waals surface area contributed by atoms with Gasteiger partial charge in [0.25, 0.3) is 0 Å². The molecular weight excluding hydrogens is 364 g/mol. The first-order valence-corrected chi connectivity index (χ1v) is 10.2. The van der Waals surface area contributed by atoms with Gasteiger partial charge in [-0.05, 0) is 46.8 Å². The van der Waals surface area contributed by atoms with Crippen LogP contribution in [-0.2, 0) is 0 Å². The highest BCUT2D eigenvalue weighted by molar-refractivity contribution is 6.19. The van der Waals surface area contributed by atoms with Crippen molar-refractivity contribution in [3.63, 3.8) is 0 Å². The van der Waals surface area contributed by atoms with E-state index in [1.54, 1.807) is 0 Å². The molecule has 0 unspecified atom stereocenters. The van der Waals surface area contributed by atoms with E-state index in [4.69, 9.17) is 5.73 Å². The lowest BCUT2D eigenvalue weighted by molar-refractivity contribution is 1.19. The Morgan fingerprint density at radius 2 is 1.23 bits per heavy atom. The Bertz CT molecular complexity index is 1520. The highest BCUT2D eigenvalue weighted by Gasteiger charge is 2.15. The van der Waals surface area contributed by atoms with Crippen LogP contribution in [0.5, 0.6) is 0 Å². The molecule has 142 valence electrons. The van der Waals surface area contributed by atoms with Crippen molar-refractivity contribution in [1.29, 1.82) is 0 Å². The van der Waals surface area contributed by atoms with Crippen LogP contribution in [0, 0.1) is 0 Å².